The molecule has 3 N–H and O–H groups in total. The van der Waals surface area contributed by atoms with Crippen LogP contribution in [-0.2, 0) is 16.0 Å². The lowest BCUT2D eigenvalue weighted by Gasteiger charge is -2.16. The molecule has 2 atom stereocenters. The van der Waals surface area contributed by atoms with Crippen molar-refractivity contribution in [1.82, 2.24) is 5.32 Å². The molecule has 0 saturated carbocycles. The van der Waals surface area contributed by atoms with E-state index in [0.29, 0.717) is 6.42 Å². The van der Waals surface area contributed by atoms with Crippen molar-refractivity contribution >= 4 is 11.9 Å². The van der Waals surface area contributed by atoms with Crippen LogP contribution in [0.25, 0.3) is 0 Å². The fourth-order valence-corrected chi connectivity index (χ4v) is 3.31. The van der Waals surface area contributed by atoms with Crippen molar-refractivity contribution in [3.8, 4) is 0 Å². The second kappa shape index (κ2) is 15.1. The van der Waals surface area contributed by atoms with Crippen LogP contribution in [0.3, 0.4) is 0 Å². The van der Waals surface area contributed by atoms with E-state index in [1.54, 1.807) is 0 Å². The number of carboxylic acids is 1. The monoisotopic (exact) mass is 391 g/mol. The van der Waals surface area contributed by atoms with Gasteiger partial charge in [0.15, 0.2) is 0 Å². The number of carboxylic acid groups (broad SMARTS) is 1. The van der Waals surface area contributed by atoms with Gasteiger partial charge in [0.05, 0.1) is 12.5 Å². The van der Waals surface area contributed by atoms with Crippen LogP contribution < -0.4 is 5.32 Å². The molecule has 0 aliphatic carbocycles. The number of aliphatic hydroxyl groups excluding tert-OH is 1. The number of rotatable bonds is 16. The highest BCUT2D eigenvalue weighted by Gasteiger charge is 2.21. The molecular formula is C23H37NO4. The fourth-order valence-electron chi connectivity index (χ4n) is 3.31. The quantitative estimate of drug-likeness (QED) is 0.363. The van der Waals surface area contributed by atoms with Crippen molar-refractivity contribution in [1.29, 1.82) is 0 Å². The van der Waals surface area contributed by atoms with Crippen LogP contribution in [-0.4, -0.2) is 34.2 Å². The van der Waals surface area contributed by atoms with Gasteiger partial charge in [-0.3, -0.25) is 4.79 Å². The molecule has 28 heavy (non-hydrogen) atoms. The lowest BCUT2D eigenvalue weighted by Crippen LogP contribution is -2.43. The van der Waals surface area contributed by atoms with Gasteiger partial charge in [0.1, 0.15) is 6.04 Å². The smallest absolute Gasteiger partial charge is 0.326 e. The first-order chi connectivity index (χ1) is 13.5. The topological polar surface area (TPSA) is 86.6 Å². The van der Waals surface area contributed by atoms with E-state index in [1.165, 1.54) is 44.9 Å². The van der Waals surface area contributed by atoms with Gasteiger partial charge in [-0.2, -0.15) is 0 Å². The summed E-state index contributed by atoms with van der Waals surface area (Å²) in [6, 6.07) is 8.23. The van der Waals surface area contributed by atoms with E-state index in [2.05, 4.69) is 12.2 Å². The summed E-state index contributed by atoms with van der Waals surface area (Å²) in [4.78, 5) is 23.5. The number of carbonyl (C=O) groups excluding carboxylic acids is 1. The van der Waals surface area contributed by atoms with E-state index in [9.17, 15) is 19.8 Å². The van der Waals surface area contributed by atoms with E-state index in [4.69, 9.17) is 0 Å². The summed E-state index contributed by atoms with van der Waals surface area (Å²) in [6.45, 7) is 2.22. The predicted octanol–water partition coefficient (Wildman–Crippen LogP) is 4.47. The van der Waals surface area contributed by atoms with Crippen molar-refractivity contribution in [3.05, 3.63) is 35.9 Å². The number of hydrogen-bond acceptors (Lipinski definition) is 3. The lowest BCUT2D eigenvalue weighted by molar-refractivity contribution is -0.142. The number of unbranched alkanes of at least 4 members (excludes halogenated alkanes) is 8. The molecule has 0 fully saturated rings. The van der Waals surface area contributed by atoms with Crippen LogP contribution >= 0.6 is 0 Å². The summed E-state index contributed by atoms with van der Waals surface area (Å²) >= 11 is 0. The minimum atomic E-state index is -1.06. The molecule has 5 nitrogen and oxygen atoms in total. The maximum Gasteiger partial charge on any atom is 0.326 e. The first-order valence-electron chi connectivity index (χ1n) is 10.8. The van der Waals surface area contributed by atoms with E-state index < -0.39 is 24.0 Å². The van der Waals surface area contributed by atoms with Crippen LogP contribution in [0.5, 0.6) is 0 Å². The Labute approximate surface area is 169 Å². The Bertz CT molecular complexity index is 547. The molecule has 0 aromatic heterocycles. The minimum absolute atomic E-state index is 0.0460. The van der Waals surface area contributed by atoms with Crippen molar-refractivity contribution in [3.63, 3.8) is 0 Å². The molecule has 1 aromatic rings. The Kier molecular flexibility index (Phi) is 13.0. The number of amides is 1. The zero-order chi connectivity index (χ0) is 20.6. The third-order valence-corrected chi connectivity index (χ3v) is 4.98. The zero-order valence-electron chi connectivity index (χ0n) is 17.2. The van der Waals surface area contributed by atoms with Crippen LogP contribution in [0.4, 0.5) is 0 Å². The van der Waals surface area contributed by atoms with Gasteiger partial charge < -0.3 is 15.5 Å². The Morgan fingerprint density at radius 2 is 1.50 bits per heavy atom. The number of aliphatic carboxylic acids is 1. The molecule has 0 heterocycles. The molecule has 0 aliphatic heterocycles. The van der Waals surface area contributed by atoms with Crippen molar-refractivity contribution in [2.24, 2.45) is 0 Å². The van der Waals surface area contributed by atoms with Gasteiger partial charge in [0.2, 0.25) is 5.91 Å². The standard InChI is InChI=1S/C23H37NO4/c1-2-3-4-5-6-7-8-9-13-16-20(25)18-22(26)24-21(23(27)28)17-19-14-11-10-12-15-19/h10-12,14-15,20-21,25H,2-9,13,16-18H2,1H3,(H,24,26)(H,27,28). The lowest BCUT2D eigenvalue weighted by atomic mass is 10.0. The Balaban J connectivity index is 2.17. The third-order valence-electron chi connectivity index (χ3n) is 4.98. The summed E-state index contributed by atoms with van der Waals surface area (Å²) in [6.07, 6.45) is 10.9. The molecule has 1 aromatic carbocycles. The molecule has 1 amide bonds. The van der Waals surface area contributed by atoms with Crippen molar-refractivity contribution in [2.75, 3.05) is 0 Å². The number of aliphatic hydroxyl groups is 1. The highest BCUT2D eigenvalue weighted by molar-refractivity contribution is 5.84. The molecule has 5 heteroatoms. The van der Waals surface area contributed by atoms with Crippen LogP contribution in [0, 0.1) is 0 Å². The van der Waals surface area contributed by atoms with E-state index in [0.717, 1.165) is 18.4 Å². The largest absolute Gasteiger partial charge is 0.480 e. The van der Waals surface area contributed by atoms with Gasteiger partial charge >= 0.3 is 5.97 Å². The van der Waals surface area contributed by atoms with Crippen molar-refractivity contribution < 1.29 is 19.8 Å². The number of benzene rings is 1. The molecule has 158 valence electrons. The summed E-state index contributed by atoms with van der Waals surface area (Å²) < 4.78 is 0. The highest BCUT2D eigenvalue weighted by atomic mass is 16.4. The van der Waals surface area contributed by atoms with Crippen LogP contribution in [0.15, 0.2) is 30.3 Å². The summed E-state index contributed by atoms with van der Waals surface area (Å²) in [5.41, 5.74) is 0.852. The second-order valence-corrected chi connectivity index (χ2v) is 7.62. The normalized spacial score (nSPS) is 13.1. The summed E-state index contributed by atoms with van der Waals surface area (Å²) in [5, 5.41) is 21.9. The molecule has 0 spiro atoms. The molecule has 0 bridgehead atoms. The van der Waals surface area contributed by atoms with Crippen molar-refractivity contribution in [2.45, 2.75) is 96.1 Å². The molecule has 2 unspecified atom stereocenters. The Morgan fingerprint density at radius 1 is 0.929 bits per heavy atom. The fraction of sp³-hybridized carbons (Fsp3) is 0.652. The van der Waals surface area contributed by atoms with Gasteiger partial charge in [0.25, 0.3) is 0 Å². The second-order valence-electron chi connectivity index (χ2n) is 7.62. The van der Waals surface area contributed by atoms with E-state index in [1.807, 2.05) is 30.3 Å². The van der Waals surface area contributed by atoms with Crippen LogP contribution in [0.2, 0.25) is 0 Å². The van der Waals surface area contributed by atoms with Gasteiger partial charge in [-0.15, -0.1) is 0 Å². The number of carbonyl (C=O) groups is 2. The minimum Gasteiger partial charge on any atom is -0.480 e. The highest BCUT2D eigenvalue weighted by Crippen LogP contribution is 2.12. The van der Waals surface area contributed by atoms with Gasteiger partial charge in [-0.05, 0) is 12.0 Å². The third kappa shape index (κ3) is 11.8. The Hall–Kier alpha value is -1.88. The predicted molar refractivity (Wildman–Crippen MR) is 112 cm³/mol. The van der Waals surface area contributed by atoms with E-state index in [-0.39, 0.29) is 12.8 Å². The molecule has 1 rings (SSSR count). The molecular weight excluding hydrogens is 354 g/mol. The summed E-state index contributed by atoms with van der Waals surface area (Å²) in [7, 11) is 0. The van der Waals surface area contributed by atoms with Crippen LogP contribution in [0.1, 0.15) is 83.1 Å². The van der Waals surface area contributed by atoms with Gasteiger partial charge in [-0.25, -0.2) is 4.79 Å². The molecule has 0 radical (unpaired) electrons. The van der Waals surface area contributed by atoms with Gasteiger partial charge in [0, 0.05) is 6.42 Å². The molecule has 0 saturated heterocycles. The van der Waals surface area contributed by atoms with E-state index >= 15 is 0 Å². The number of nitrogens with one attached hydrogen (secondary N) is 1. The maximum absolute atomic E-state index is 12.1. The molecule has 0 aliphatic rings. The zero-order valence-corrected chi connectivity index (χ0v) is 17.2. The summed E-state index contributed by atoms with van der Waals surface area (Å²) in [5.74, 6) is -1.47. The first kappa shape index (κ1) is 24.2. The average molecular weight is 392 g/mol. The SMILES string of the molecule is CCCCCCCCCCCC(O)CC(=O)NC(Cc1ccccc1)C(=O)O. The Morgan fingerprint density at radius 3 is 2.07 bits per heavy atom. The first-order valence-corrected chi connectivity index (χ1v) is 10.8. The maximum atomic E-state index is 12.1. The average Bonchev–Trinajstić information content (AvgIpc) is 2.67. The number of hydrogen-bond donors (Lipinski definition) is 3. The van der Waals surface area contributed by atoms with Gasteiger partial charge in [-0.1, -0.05) is 95.0 Å².